The van der Waals surface area contributed by atoms with Crippen LogP contribution in [0.1, 0.15) is 32.3 Å². The Morgan fingerprint density at radius 3 is 2.46 bits per heavy atom. The number of para-hydroxylation sites is 2. The maximum absolute atomic E-state index is 4.54. The van der Waals surface area contributed by atoms with Gasteiger partial charge < -0.3 is 9.47 Å². The highest BCUT2D eigenvalue weighted by Gasteiger charge is 2.48. The molecule has 0 spiro atoms. The average Bonchev–Trinajstić information content (AvgIpc) is 3.24. The average molecular weight is 369 g/mol. The van der Waals surface area contributed by atoms with Gasteiger partial charge in [0.05, 0.1) is 30.2 Å². The first-order valence-corrected chi connectivity index (χ1v) is 9.81. The lowest BCUT2D eigenvalue weighted by Crippen LogP contribution is -2.51. The molecular formula is C20H26N5S+. The number of benzene rings is 1. The summed E-state index contributed by atoms with van der Waals surface area (Å²) >= 11 is 1.77. The zero-order valence-electron chi connectivity index (χ0n) is 16.3. The number of hydrogen-bond acceptors (Lipinski definition) is 4. The lowest BCUT2D eigenvalue weighted by Gasteiger charge is -2.39. The number of hydrogen-bond donors (Lipinski definition) is 0. The fourth-order valence-corrected chi connectivity index (χ4v) is 5.13. The van der Waals surface area contributed by atoms with Gasteiger partial charge in [-0.2, -0.15) is 4.90 Å². The van der Waals surface area contributed by atoms with Crippen LogP contribution < -0.4 is 14.4 Å². The Balaban J connectivity index is 1.88. The normalized spacial score (nSPS) is 17.1. The molecule has 4 rings (SSSR count). The van der Waals surface area contributed by atoms with Crippen LogP contribution in [0.4, 0.5) is 16.5 Å². The topological polar surface area (TPSA) is 28.2 Å². The first-order valence-electron chi connectivity index (χ1n) is 8.93. The van der Waals surface area contributed by atoms with Crippen LogP contribution in [0.3, 0.4) is 0 Å². The Morgan fingerprint density at radius 2 is 1.88 bits per heavy atom. The van der Waals surface area contributed by atoms with Crippen molar-refractivity contribution in [1.29, 1.82) is 0 Å². The van der Waals surface area contributed by atoms with E-state index in [9.17, 15) is 0 Å². The highest BCUT2D eigenvalue weighted by atomic mass is 32.1. The maximum atomic E-state index is 4.54. The lowest BCUT2D eigenvalue weighted by molar-refractivity contribution is -0.654. The maximum Gasteiger partial charge on any atom is 0.342 e. The molecule has 136 valence electrons. The van der Waals surface area contributed by atoms with E-state index in [1.165, 1.54) is 22.2 Å². The van der Waals surface area contributed by atoms with Crippen LogP contribution >= 0.6 is 11.3 Å². The second-order valence-electron chi connectivity index (χ2n) is 7.47. The van der Waals surface area contributed by atoms with Gasteiger partial charge in [-0.15, -0.1) is 0 Å². The molecule has 0 N–H and O–H groups in total. The van der Waals surface area contributed by atoms with Gasteiger partial charge in [0, 0.05) is 12.4 Å². The monoisotopic (exact) mass is 368 g/mol. The van der Waals surface area contributed by atoms with Crippen molar-refractivity contribution in [1.82, 2.24) is 9.55 Å². The minimum atomic E-state index is -0.198. The smallest absolute Gasteiger partial charge is 0.333 e. The molecule has 1 aliphatic heterocycles. The summed E-state index contributed by atoms with van der Waals surface area (Å²) < 4.78 is 4.39. The van der Waals surface area contributed by atoms with Crippen molar-refractivity contribution in [3.63, 3.8) is 0 Å². The predicted molar refractivity (Wildman–Crippen MR) is 107 cm³/mol. The molecule has 0 saturated heterocycles. The number of thiazole rings is 1. The van der Waals surface area contributed by atoms with Crippen molar-refractivity contribution >= 4 is 27.8 Å². The van der Waals surface area contributed by atoms with Crippen LogP contribution in [-0.4, -0.2) is 15.7 Å². The van der Waals surface area contributed by atoms with Gasteiger partial charge in [-0.05, 0) is 39.8 Å². The fourth-order valence-electron chi connectivity index (χ4n) is 4.17. The van der Waals surface area contributed by atoms with Gasteiger partial charge in [0.25, 0.3) is 0 Å². The molecule has 0 amide bonds. The third kappa shape index (κ3) is 2.28. The number of fused-ring (bicyclic) bond motifs is 1. The molecule has 6 heteroatoms. The van der Waals surface area contributed by atoms with Crippen LogP contribution in [0, 0.1) is 6.92 Å². The van der Waals surface area contributed by atoms with Gasteiger partial charge in [0.2, 0.25) is 0 Å². The Kier molecular flexibility index (Phi) is 3.84. The molecule has 3 heterocycles. The van der Waals surface area contributed by atoms with Gasteiger partial charge in [0.15, 0.2) is 11.9 Å². The van der Waals surface area contributed by atoms with E-state index < -0.39 is 0 Å². The largest absolute Gasteiger partial charge is 0.342 e. The standard InChI is InChI=1S/C20H26N5S/c1-14-21-13-18(23(14)6)20(3,4)25-15(2)24(19-22(5)11-12-26-19)16-9-7-8-10-17(16)25/h7-13,15H,1-6H3/q+1/t15-/m1/s1. The quantitative estimate of drug-likeness (QED) is 0.657. The summed E-state index contributed by atoms with van der Waals surface area (Å²) in [5.41, 5.74) is 3.53. The van der Waals surface area contributed by atoms with E-state index in [-0.39, 0.29) is 11.7 Å². The Hall–Kier alpha value is -2.34. The molecule has 5 nitrogen and oxygen atoms in total. The second-order valence-corrected chi connectivity index (χ2v) is 8.34. The molecule has 0 radical (unpaired) electrons. The van der Waals surface area contributed by atoms with Crippen molar-refractivity contribution in [2.24, 2.45) is 14.1 Å². The third-order valence-electron chi connectivity index (χ3n) is 5.56. The van der Waals surface area contributed by atoms with Crippen LogP contribution in [0.15, 0.2) is 42.0 Å². The van der Waals surface area contributed by atoms with Crippen molar-refractivity contribution < 1.29 is 4.57 Å². The molecule has 0 aliphatic carbocycles. The van der Waals surface area contributed by atoms with Gasteiger partial charge in [0.1, 0.15) is 12.0 Å². The summed E-state index contributed by atoms with van der Waals surface area (Å²) in [5.74, 6) is 1.04. The molecule has 2 aromatic heterocycles. The van der Waals surface area contributed by atoms with Gasteiger partial charge >= 0.3 is 5.13 Å². The molecule has 1 aromatic carbocycles. The first kappa shape index (κ1) is 17.1. The first-order chi connectivity index (χ1) is 12.3. The Bertz CT molecular complexity index is 955. The van der Waals surface area contributed by atoms with Crippen molar-refractivity contribution in [3.05, 3.63) is 53.6 Å². The number of anilines is 3. The van der Waals surface area contributed by atoms with Gasteiger partial charge in [-0.1, -0.05) is 23.5 Å². The summed E-state index contributed by atoms with van der Waals surface area (Å²) in [6.07, 6.45) is 4.33. The molecule has 3 aromatic rings. The molecule has 1 atom stereocenters. The van der Waals surface area contributed by atoms with E-state index in [1.807, 2.05) is 6.20 Å². The predicted octanol–water partition coefficient (Wildman–Crippen LogP) is 3.85. The minimum Gasteiger partial charge on any atom is -0.333 e. The summed E-state index contributed by atoms with van der Waals surface area (Å²) in [6.45, 7) is 8.91. The van der Waals surface area contributed by atoms with E-state index >= 15 is 0 Å². The minimum absolute atomic E-state index is 0.197. The Morgan fingerprint density at radius 1 is 1.19 bits per heavy atom. The summed E-state index contributed by atoms with van der Waals surface area (Å²) in [5, 5.41) is 3.38. The zero-order valence-corrected chi connectivity index (χ0v) is 17.1. The SMILES string of the molecule is Cc1ncc(C(C)(C)N2c3ccccc3N(c3scc[n+]3C)[C@H]2C)n1C. The lowest BCUT2D eigenvalue weighted by atomic mass is 9.97. The fraction of sp³-hybridized carbons (Fsp3) is 0.400. The van der Waals surface area contributed by atoms with E-state index in [0.717, 1.165) is 5.82 Å². The van der Waals surface area contributed by atoms with Gasteiger partial charge in [-0.3, -0.25) is 0 Å². The number of imidazole rings is 1. The molecule has 0 bridgehead atoms. The van der Waals surface area contributed by atoms with E-state index in [1.54, 1.807) is 11.3 Å². The summed E-state index contributed by atoms with van der Waals surface area (Å²) in [6, 6.07) is 8.69. The summed E-state index contributed by atoms with van der Waals surface area (Å²) in [7, 11) is 4.21. The molecular weight excluding hydrogens is 342 g/mol. The number of rotatable bonds is 3. The van der Waals surface area contributed by atoms with Crippen molar-refractivity contribution in [3.8, 4) is 0 Å². The number of aromatic nitrogens is 3. The summed E-state index contributed by atoms with van der Waals surface area (Å²) in [4.78, 5) is 9.49. The molecule has 0 saturated carbocycles. The van der Waals surface area contributed by atoms with Crippen LogP contribution in [-0.2, 0) is 19.6 Å². The number of nitrogens with zero attached hydrogens (tertiary/aromatic N) is 5. The highest BCUT2D eigenvalue weighted by molar-refractivity contribution is 7.13. The van der Waals surface area contributed by atoms with Crippen molar-refractivity contribution in [2.75, 3.05) is 9.80 Å². The van der Waals surface area contributed by atoms with Crippen molar-refractivity contribution in [2.45, 2.75) is 39.4 Å². The third-order valence-corrected chi connectivity index (χ3v) is 6.52. The van der Waals surface area contributed by atoms with Crippen LogP contribution in [0.5, 0.6) is 0 Å². The molecule has 0 fully saturated rings. The van der Waals surface area contributed by atoms with Crippen LogP contribution in [0.2, 0.25) is 0 Å². The Labute approximate surface area is 159 Å². The van der Waals surface area contributed by atoms with E-state index in [0.29, 0.717) is 0 Å². The zero-order chi connectivity index (χ0) is 18.6. The van der Waals surface area contributed by atoms with E-state index in [2.05, 4.69) is 102 Å². The molecule has 1 aliphatic rings. The molecule has 26 heavy (non-hydrogen) atoms. The highest BCUT2D eigenvalue weighted by Crippen LogP contribution is 2.49. The number of aryl methyl sites for hydroxylation is 2. The van der Waals surface area contributed by atoms with Crippen LogP contribution in [0.25, 0.3) is 0 Å². The van der Waals surface area contributed by atoms with E-state index in [4.69, 9.17) is 0 Å². The second kappa shape index (κ2) is 5.84. The van der Waals surface area contributed by atoms with Gasteiger partial charge in [-0.25, -0.2) is 9.55 Å². The molecule has 0 unspecified atom stereocenters.